The fourth-order valence-electron chi connectivity index (χ4n) is 1.46. The van der Waals surface area contributed by atoms with Gasteiger partial charge in [-0.25, -0.2) is 10.8 Å². The lowest BCUT2D eigenvalue weighted by atomic mass is 10.3. The van der Waals surface area contributed by atoms with Gasteiger partial charge < -0.3 is 10.2 Å². The summed E-state index contributed by atoms with van der Waals surface area (Å²) in [6.07, 6.45) is 0. The Bertz CT molecular complexity index is 557. The number of nitrogens with two attached hydrogens (primary N) is 1. The number of nitrogens with zero attached hydrogens (tertiary/aromatic N) is 2. The number of ether oxygens (including phenoxy) is 1. The first kappa shape index (κ1) is 12.6. The second-order valence-electron chi connectivity index (χ2n) is 3.75. The third-order valence-corrected chi connectivity index (χ3v) is 2.63. The average Bonchev–Trinajstić information content (AvgIpc) is 2.36. The molecule has 1 heterocycles. The molecule has 0 saturated carbocycles. The molecule has 0 aliphatic heterocycles. The van der Waals surface area contributed by atoms with E-state index in [1.165, 1.54) is 0 Å². The quantitative estimate of drug-likeness (QED) is 0.659. The van der Waals surface area contributed by atoms with Gasteiger partial charge in [-0.15, -0.1) is 0 Å². The van der Waals surface area contributed by atoms with Crippen molar-refractivity contribution in [3.8, 4) is 11.6 Å². The van der Waals surface area contributed by atoms with E-state index >= 15 is 0 Å². The summed E-state index contributed by atoms with van der Waals surface area (Å²) in [6.45, 7) is 3.61. The van der Waals surface area contributed by atoms with Gasteiger partial charge in [0.2, 0.25) is 5.88 Å². The Kier molecular flexibility index (Phi) is 3.64. The highest BCUT2D eigenvalue weighted by atomic mass is 35.5. The van der Waals surface area contributed by atoms with Crippen LogP contribution in [0, 0.1) is 13.8 Å². The molecule has 0 unspecified atom stereocenters. The number of benzene rings is 1. The number of nitrogen functional groups attached to an aromatic ring is 1. The van der Waals surface area contributed by atoms with E-state index < -0.39 is 0 Å². The molecule has 5 nitrogen and oxygen atoms in total. The lowest BCUT2D eigenvalue weighted by Crippen LogP contribution is -2.12. The standard InChI is InChI=1S/C12H13ClN4O/c1-7-11(17-14)15-8(2)16-12(7)18-10-5-3-9(13)4-6-10/h3-6H,14H2,1-2H3,(H,15,16,17). The smallest absolute Gasteiger partial charge is 0.227 e. The minimum atomic E-state index is 0.470. The molecule has 1 aromatic heterocycles. The first-order chi connectivity index (χ1) is 8.60. The van der Waals surface area contributed by atoms with Gasteiger partial charge in [-0.2, -0.15) is 4.98 Å². The number of hydrogen-bond acceptors (Lipinski definition) is 5. The fourth-order valence-corrected chi connectivity index (χ4v) is 1.58. The summed E-state index contributed by atoms with van der Waals surface area (Å²) in [4.78, 5) is 8.40. The van der Waals surface area contributed by atoms with Crippen molar-refractivity contribution in [1.82, 2.24) is 9.97 Å². The van der Waals surface area contributed by atoms with E-state index in [9.17, 15) is 0 Å². The van der Waals surface area contributed by atoms with Gasteiger partial charge in [0.25, 0.3) is 0 Å². The lowest BCUT2D eigenvalue weighted by molar-refractivity contribution is 0.456. The van der Waals surface area contributed by atoms with Crippen LogP contribution in [0.5, 0.6) is 11.6 Å². The van der Waals surface area contributed by atoms with Crippen LogP contribution in [-0.4, -0.2) is 9.97 Å². The summed E-state index contributed by atoms with van der Waals surface area (Å²) < 4.78 is 5.68. The molecule has 0 spiro atoms. The first-order valence-electron chi connectivity index (χ1n) is 5.35. The molecule has 94 valence electrons. The zero-order valence-corrected chi connectivity index (χ0v) is 10.8. The van der Waals surface area contributed by atoms with Gasteiger partial charge in [0.15, 0.2) is 0 Å². The Labute approximate surface area is 110 Å². The minimum Gasteiger partial charge on any atom is -0.439 e. The van der Waals surface area contributed by atoms with Crippen LogP contribution >= 0.6 is 11.6 Å². The second kappa shape index (κ2) is 5.20. The molecular weight excluding hydrogens is 252 g/mol. The molecule has 0 saturated heterocycles. The molecule has 2 rings (SSSR count). The summed E-state index contributed by atoms with van der Waals surface area (Å²) in [5.74, 6) is 7.64. The minimum absolute atomic E-state index is 0.470. The van der Waals surface area contributed by atoms with Crippen LogP contribution in [0.4, 0.5) is 5.82 Å². The number of aromatic nitrogens is 2. The van der Waals surface area contributed by atoms with Gasteiger partial charge in [-0.1, -0.05) is 11.6 Å². The molecule has 0 aliphatic rings. The van der Waals surface area contributed by atoms with Gasteiger partial charge in [0.1, 0.15) is 17.4 Å². The molecule has 3 N–H and O–H groups in total. The van der Waals surface area contributed by atoms with Gasteiger partial charge in [0, 0.05) is 5.02 Å². The van der Waals surface area contributed by atoms with E-state index in [0.717, 1.165) is 5.56 Å². The Morgan fingerprint density at radius 1 is 1.17 bits per heavy atom. The predicted octanol–water partition coefficient (Wildman–Crippen LogP) is 2.82. The van der Waals surface area contributed by atoms with Crippen molar-refractivity contribution in [1.29, 1.82) is 0 Å². The van der Waals surface area contributed by atoms with Crippen molar-refractivity contribution in [3.63, 3.8) is 0 Å². The third-order valence-electron chi connectivity index (χ3n) is 2.38. The number of hydrazine groups is 1. The van der Waals surface area contributed by atoms with Gasteiger partial charge >= 0.3 is 0 Å². The number of aryl methyl sites for hydroxylation is 1. The van der Waals surface area contributed by atoms with Crippen LogP contribution in [-0.2, 0) is 0 Å². The highest BCUT2D eigenvalue weighted by Gasteiger charge is 2.10. The van der Waals surface area contributed by atoms with Crippen LogP contribution in [0.25, 0.3) is 0 Å². The molecule has 6 heteroatoms. The number of rotatable bonds is 3. The first-order valence-corrected chi connectivity index (χ1v) is 5.73. The van der Waals surface area contributed by atoms with Crippen LogP contribution in [0.15, 0.2) is 24.3 Å². The fraction of sp³-hybridized carbons (Fsp3) is 0.167. The molecular formula is C12H13ClN4O. The number of halogens is 1. The normalized spacial score (nSPS) is 10.2. The maximum atomic E-state index is 5.81. The van der Waals surface area contributed by atoms with Gasteiger partial charge in [-0.3, -0.25) is 0 Å². The third kappa shape index (κ3) is 2.69. The molecule has 18 heavy (non-hydrogen) atoms. The highest BCUT2D eigenvalue weighted by Crippen LogP contribution is 2.27. The molecule has 0 amide bonds. The number of nitrogens with one attached hydrogen (secondary N) is 1. The Morgan fingerprint density at radius 3 is 2.44 bits per heavy atom. The Balaban J connectivity index is 2.34. The van der Waals surface area contributed by atoms with Crippen LogP contribution in [0.2, 0.25) is 5.02 Å². The summed E-state index contributed by atoms with van der Waals surface area (Å²) in [5.41, 5.74) is 3.27. The van der Waals surface area contributed by atoms with Gasteiger partial charge in [-0.05, 0) is 38.1 Å². The zero-order valence-electron chi connectivity index (χ0n) is 10.1. The summed E-state index contributed by atoms with van der Waals surface area (Å²) in [6, 6.07) is 7.05. The average molecular weight is 265 g/mol. The van der Waals surface area contributed by atoms with E-state index in [1.807, 2.05) is 6.92 Å². The van der Waals surface area contributed by atoms with E-state index in [1.54, 1.807) is 31.2 Å². The summed E-state index contributed by atoms with van der Waals surface area (Å²) >= 11 is 5.81. The maximum Gasteiger partial charge on any atom is 0.227 e. The monoisotopic (exact) mass is 264 g/mol. The topological polar surface area (TPSA) is 73.1 Å². The molecule has 1 aromatic carbocycles. The molecule has 0 fully saturated rings. The van der Waals surface area contributed by atoms with Crippen molar-refractivity contribution in [2.24, 2.45) is 5.84 Å². The maximum absolute atomic E-state index is 5.81. The zero-order chi connectivity index (χ0) is 13.1. The number of anilines is 1. The summed E-state index contributed by atoms with van der Waals surface area (Å²) in [5, 5.41) is 0.655. The van der Waals surface area contributed by atoms with Crippen molar-refractivity contribution < 1.29 is 4.74 Å². The van der Waals surface area contributed by atoms with Crippen LogP contribution in [0.3, 0.4) is 0 Å². The lowest BCUT2D eigenvalue weighted by Gasteiger charge is -2.11. The van der Waals surface area contributed by atoms with Crippen molar-refractivity contribution in [2.45, 2.75) is 13.8 Å². The second-order valence-corrected chi connectivity index (χ2v) is 4.19. The molecule has 0 aliphatic carbocycles. The molecule has 0 radical (unpaired) electrons. The van der Waals surface area contributed by atoms with Crippen molar-refractivity contribution in [3.05, 3.63) is 40.7 Å². The predicted molar refractivity (Wildman–Crippen MR) is 70.8 cm³/mol. The molecule has 2 aromatic rings. The highest BCUT2D eigenvalue weighted by molar-refractivity contribution is 6.30. The Hall–Kier alpha value is -1.85. The van der Waals surface area contributed by atoms with E-state index in [4.69, 9.17) is 22.2 Å². The summed E-state index contributed by atoms with van der Waals surface area (Å²) in [7, 11) is 0. The van der Waals surface area contributed by atoms with E-state index in [2.05, 4.69) is 15.4 Å². The SMILES string of the molecule is Cc1nc(NN)c(C)c(Oc2ccc(Cl)cc2)n1. The van der Waals surface area contributed by atoms with E-state index in [-0.39, 0.29) is 0 Å². The van der Waals surface area contributed by atoms with Crippen molar-refractivity contribution >= 4 is 17.4 Å². The Morgan fingerprint density at radius 2 is 1.83 bits per heavy atom. The van der Waals surface area contributed by atoms with Crippen molar-refractivity contribution in [2.75, 3.05) is 5.43 Å². The largest absolute Gasteiger partial charge is 0.439 e. The number of hydrogen-bond donors (Lipinski definition) is 2. The van der Waals surface area contributed by atoms with Crippen LogP contribution in [0.1, 0.15) is 11.4 Å². The molecule has 0 bridgehead atoms. The van der Waals surface area contributed by atoms with E-state index in [0.29, 0.717) is 28.3 Å². The van der Waals surface area contributed by atoms with Crippen LogP contribution < -0.4 is 16.0 Å². The molecule has 0 atom stereocenters. The van der Waals surface area contributed by atoms with Gasteiger partial charge in [0.05, 0.1) is 5.56 Å².